The van der Waals surface area contributed by atoms with Crippen LogP contribution in [0.2, 0.25) is 0 Å². The Labute approximate surface area is 190 Å². The molecule has 0 amide bonds. The maximum absolute atomic E-state index is 2.49. The smallest absolute Gasteiger partial charge is 0.0132 e. The van der Waals surface area contributed by atoms with E-state index in [1.54, 1.807) is 5.56 Å². The van der Waals surface area contributed by atoms with E-state index in [9.17, 15) is 0 Å². The third-order valence-corrected chi connectivity index (χ3v) is 6.57. The second-order valence-electron chi connectivity index (χ2n) is 11.9. The minimum Gasteiger partial charge on any atom is -0.412 e. The van der Waals surface area contributed by atoms with Gasteiger partial charge in [0, 0.05) is 0 Å². The van der Waals surface area contributed by atoms with Gasteiger partial charge in [0.1, 0.15) is 0 Å². The molecular weight excluding hydrogens is 364 g/mol. The van der Waals surface area contributed by atoms with Crippen molar-refractivity contribution in [3.8, 4) is 0 Å². The van der Waals surface area contributed by atoms with E-state index in [4.69, 9.17) is 0 Å². The lowest BCUT2D eigenvalue weighted by Crippen LogP contribution is -2.19. The first-order valence-corrected chi connectivity index (χ1v) is 12.3. The molecule has 178 valence electrons. The predicted octanol–water partition coefficient (Wildman–Crippen LogP) is 9.08. The standard InChI is InChI=1S/C23H40.C6H14.H2O/c1-11-17(4)21(12-16(2)3)18-13-19(22(5,6)7)15-20(14-18)23(8,9)10;1-4-6(3)5-2;/h13-17,21H,11-12H2,1-10H3;6H,4-5H2,1-3H3;1H2. The summed E-state index contributed by atoms with van der Waals surface area (Å²) in [4.78, 5) is 0. The largest absolute Gasteiger partial charge is 0.412 e. The molecular formula is C29H56O. The van der Waals surface area contributed by atoms with Crippen molar-refractivity contribution < 1.29 is 5.48 Å². The minimum atomic E-state index is 0. The topological polar surface area (TPSA) is 31.5 Å². The van der Waals surface area contributed by atoms with Crippen LogP contribution in [-0.4, -0.2) is 5.48 Å². The van der Waals surface area contributed by atoms with Crippen molar-refractivity contribution in [2.24, 2.45) is 17.8 Å². The average Bonchev–Trinajstić information content (AvgIpc) is 2.63. The Morgan fingerprint density at radius 3 is 1.30 bits per heavy atom. The number of rotatable bonds is 7. The van der Waals surface area contributed by atoms with E-state index in [1.165, 1.54) is 36.8 Å². The first-order chi connectivity index (χ1) is 13.2. The SMILES string of the molecule is CCC(C)C(CC(C)C)c1cc(C(C)(C)C)cc(C(C)(C)C)c1.CCC(C)CC.O. The molecule has 2 N–H and O–H groups in total. The van der Waals surface area contributed by atoms with Crippen molar-refractivity contribution in [2.75, 3.05) is 0 Å². The van der Waals surface area contributed by atoms with E-state index in [-0.39, 0.29) is 16.3 Å². The second-order valence-corrected chi connectivity index (χ2v) is 11.9. The van der Waals surface area contributed by atoms with Crippen molar-refractivity contribution in [3.63, 3.8) is 0 Å². The molecule has 2 atom stereocenters. The number of hydrogen-bond donors (Lipinski definition) is 0. The van der Waals surface area contributed by atoms with Gasteiger partial charge < -0.3 is 5.48 Å². The van der Waals surface area contributed by atoms with E-state index in [1.807, 2.05) is 0 Å². The van der Waals surface area contributed by atoms with Crippen molar-refractivity contribution in [1.29, 1.82) is 0 Å². The molecule has 1 rings (SSSR count). The molecule has 0 bridgehead atoms. The van der Waals surface area contributed by atoms with Gasteiger partial charge in [-0.15, -0.1) is 0 Å². The van der Waals surface area contributed by atoms with Crippen molar-refractivity contribution in [1.82, 2.24) is 0 Å². The zero-order valence-electron chi connectivity index (χ0n) is 22.9. The summed E-state index contributed by atoms with van der Waals surface area (Å²) >= 11 is 0. The van der Waals surface area contributed by atoms with Crippen LogP contribution in [0.15, 0.2) is 18.2 Å². The molecule has 2 unspecified atom stereocenters. The van der Waals surface area contributed by atoms with E-state index in [0.29, 0.717) is 5.92 Å². The van der Waals surface area contributed by atoms with Crippen LogP contribution in [-0.2, 0) is 10.8 Å². The molecule has 0 aliphatic carbocycles. The Kier molecular flexibility index (Phi) is 14.2. The lowest BCUT2D eigenvalue weighted by molar-refractivity contribution is 0.375. The third-order valence-electron chi connectivity index (χ3n) is 6.57. The van der Waals surface area contributed by atoms with Gasteiger partial charge in [-0.3, -0.25) is 0 Å². The maximum atomic E-state index is 2.49. The molecule has 1 aromatic rings. The van der Waals surface area contributed by atoms with E-state index in [2.05, 4.69) is 108 Å². The Hall–Kier alpha value is -0.820. The summed E-state index contributed by atoms with van der Waals surface area (Å²) in [7, 11) is 0. The first kappa shape index (κ1) is 31.4. The maximum Gasteiger partial charge on any atom is -0.0132 e. The Bertz CT molecular complexity index is 535. The van der Waals surface area contributed by atoms with Crippen LogP contribution in [0.25, 0.3) is 0 Å². The predicted molar refractivity (Wildman–Crippen MR) is 139 cm³/mol. The molecule has 0 spiro atoms. The Morgan fingerprint density at radius 2 is 1.07 bits per heavy atom. The van der Waals surface area contributed by atoms with E-state index < -0.39 is 0 Å². The molecule has 0 fully saturated rings. The molecule has 1 nitrogen and oxygen atoms in total. The van der Waals surface area contributed by atoms with Gasteiger partial charge in [-0.1, -0.05) is 127 Å². The van der Waals surface area contributed by atoms with Gasteiger partial charge in [0.2, 0.25) is 0 Å². The van der Waals surface area contributed by atoms with Gasteiger partial charge in [-0.05, 0) is 57.6 Å². The van der Waals surface area contributed by atoms with Crippen molar-refractivity contribution >= 4 is 0 Å². The summed E-state index contributed by atoms with van der Waals surface area (Å²) in [5.41, 5.74) is 4.93. The molecule has 30 heavy (non-hydrogen) atoms. The molecule has 1 heteroatoms. The highest BCUT2D eigenvalue weighted by Gasteiger charge is 2.25. The molecule has 0 saturated heterocycles. The molecule has 0 heterocycles. The van der Waals surface area contributed by atoms with Gasteiger partial charge in [0.15, 0.2) is 0 Å². The summed E-state index contributed by atoms with van der Waals surface area (Å²) in [5, 5.41) is 0. The molecule has 0 aliphatic rings. The monoisotopic (exact) mass is 420 g/mol. The Balaban J connectivity index is 0. The molecule has 1 aromatic carbocycles. The van der Waals surface area contributed by atoms with Crippen molar-refractivity contribution in [3.05, 3.63) is 34.9 Å². The van der Waals surface area contributed by atoms with Crippen LogP contribution >= 0.6 is 0 Å². The fraction of sp³-hybridized carbons (Fsp3) is 0.793. The third kappa shape index (κ3) is 11.0. The fourth-order valence-corrected chi connectivity index (χ4v) is 3.51. The van der Waals surface area contributed by atoms with Gasteiger partial charge >= 0.3 is 0 Å². The quantitative estimate of drug-likeness (QED) is 0.421. The van der Waals surface area contributed by atoms with Crippen LogP contribution in [0.5, 0.6) is 0 Å². The molecule has 0 aliphatic heterocycles. The molecule has 0 aromatic heterocycles. The highest BCUT2D eigenvalue weighted by atomic mass is 16.0. The summed E-state index contributed by atoms with van der Waals surface area (Å²) in [6, 6.07) is 7.43. The van der Waals surface area contributed by atoms with Crippen LogP contribution in [0.4, 0.5) is 0 Å². The summed E-state index contributed by atoms with van der Waals surface area (Å²) in [6.07, 6.45) is 5.20. The van der Waals surface area contributed by atoms with E-state index >= 15 is 0 Å². The number of hydrogen-bond acceptors (Lipinski definition) is 0. The first-order valence-electron chi connectivity index (χ1n) is 12.3. The van der Waals surface area contributed by atoms with Crippen molar-refractivity contribution in [2.45, 2.75) is 132 Å². The van der Waals surface area contributed by atoms with Gasteiger partial charge in [0.25, 0.3) is 0 Å². The normalized spacial score (nSPS) is 14.1. The summed E-state index contributed by atoms with van der Waals surface area (Å²) in [5.74, 6) is 3.08. The summed E-state index contributed by atoms with van der Waals surface area (Å²) < 4.78 is 0. The zero-order valence-corrected chi connectivity index (χ0v) is 22.9. The highest BCUT2D eigenvalue weighted by molar-refractivity contribution is 5.39. The molecule has 0 radical (unpaired) electrons. The van der Waals surface area contributed by atoms with Crippen LogP contribution in [0, 0.1) is 17.8 Å². The van der Waals surface area contributed by atoms with Gasteiger partial charge in [-0.2, -0.15) is 0 Å². The van der Waals surface area contributed by atoms with Gasteiger partial charge in [-0.25, -0.2) is 0 Å². The highest BCUT2D eigenvalue weighted by Crippen LogP contribution is 2.38. The Morgan fingerprint density at radius 1 is 0.667 bits per heavy atom. The fourth-order valence-electron chi connectivity index (χ4n) is 3.51. The average molecular weight is 421 g/mol. The lowest BCUT2D eigenvalue weighted by Gasteiger charge is -2.31. The van der Waals surface area contributed by atoms with Gasteiger partial charge in [0.05, 0.1) is 0 Å². The van der Waals surface area contributed by atoms with Crippen LogP contribution in [0.1, 0.15) is 138 Å². The number of benzene rings is 1. The second kappa shape index (κ2) is 13.6. The lowest BCUT2D eigenvalue weighted by atomic mass is 9.74. The molecule has 0 saturated carbocycles. The zero-order chi connectivity index (χ0) is 23.0. The van der Waals surface area contributed by atoms with Crippen LogP contribution < -0.4 is 0 Å². The van der Waals surface area contributed by atoms with E-state index in [0.717, 1.165) is 17.8 Å². The summed E-state index contributed by atoms with van der Waals surface area (Å²) in [6.45, 7) is 30.2. The van der Waals surface area contributed by atoms with Crippen LogP contribution in [0.3, 0.4) is 0 Å². The minimum absolute atomic E-state index is 0.